The Hall–Kier alpha value is -2.28. The number of nitrogens with zero attached hydrogens (tertiary/aromatic N) is 1. The van der Waals surface area contributed by atoms with Crippen LogP contribution in [0.25, 0.3) is 0 Å². The Bertz CT molecular complexity index is 432. The summed E-state index contributed by atoms with van der Waals surface area (Å²) >= 11 is 0. The maximum Gasteiger partial charge on any atom is 0.292 e. The number of benzene rings is 1. The van der Waals surface area contributed by atoms with Gasteiger partial charge < -0.3 is 14.8 Å². The lowest BCUT2D eigenvalue weighted by Gasteiger charge is -2.05. The lowest BCUT2D eigenvalue weighted by molar-refractivity contribution is -0.383. The molecule has 17 heavy (non-hydrogen) atoms. The largest absolute Gasteiger partial charge is 0.364 e. The quantitative estimate of drug-likeness (QED) is 0.341. The second-order valence-electron chi connectivity index (χ2n) is 3.00. The maximum atomic E-state index is 11.3. The third-order valence-corrected chi connectivity index (χ3v) is 1.79. The van der Waals surface area contributed by atoms with Crippen LogP contribution < -0.4 is 5.32 Å². The van der Waals surface area contributed by atoms with Gasteiger partial charge in [0.1, 0.15) is 25.2 Å². The Morgan fingerprint density at radius 2 is 2.18 bits per heavy atom. The van der Waals surface area contributed by atoms with Crippen LogP contribution >= 0.6 is 0 Å². The summed E-state index contributed by atoms with van der Waals surface area (Å²) in [5.74, 6) is -0.554. The summed E-state index contributed by atoms with van der Waals surface area (Å²) in [6.45, 7) is -0.519. The predicted octanol–water partition coefficient (Wildman–Crippen LogP) is 0.749. The number of hydrogen-bond acceptors (Lipinski definition) is 5. The van der Waals surface area contributed by atoms with Crippen molar-refractivity contribution in [1.29, 1.82) is 0 Å². The Kier molecular flexibility index (Phi) is 4.77. The maximum absolute atomic E-state index is 11.3. The molecule has 0 bridgehead atoms. The summed E-state index contributed by atoms with van der Waals surface area (Å²) < 4.78 is 4.67. The van der Waals surface area contributed by atoms with E-state index < -0.39 is 10.8 Å². The fourth-order valence-corrected chi connectivity index (χ4v) is 1.12. The van der Waals surface area contributed by atoms with E-state index in [9.17, 15) is 19.7 Å². The molecule has 90 valence electrons. The predicted molar refractivity (Wildman–Crippen MR) is 58.6 cm³/mol. The third kappa shape index (κ3) is 3.99. The van der Waals surface area contributed by atoms with Crippen LogP contribution in [0.2, 0.25) is 0 Å². The molecule has 0 saturated heterocycles. The first-order chi connectivity index (χ1) is 8.15. The Labute approximate surface area is 96.5 Å². The summed E-state index contributed by atoms with van der Waals surface area (Å²) in [6.07, 6.45) is 0.512. The summed E-state index contributed by atoms with van der Waals surface area (Å²) in [7, 11) is 0. The highest BCUT2D eigenvalue weighted by molar-refractivity contribution is 5.93. The topological polar surface area (TPSA) is 98.5 Å². The number of nitrogens with one attached hydrogen (secondary N) is 1. The smallest absolute Gasteiger partial charge is 0.292 e. The number of aldehydes is 1. The first kappa shape index (κ1) is 12.8. The molecule has 1 aromatic rings. The van der Waals surface area contributed by atoms with Crippen LogP contribution in [0.4, 0.5) is 11.4 Å². The van der Waals surface area contributed by atoms with E-state index in [1.165, 1.54) is 18.2 Å². The van der Waals surface area contributed by atoms with Crippen molar-refractivity contribution in [1.82, 2.24) is 0 Å². The van der Waals surface area contributed by atoms with Gasteiger partial charge in [0.15, 0.2) is 0 Å². The summed E-state index contributed by atoms with van der Waals surface area (Å²) in [5, 5.41) is 13.0. The van der Waals surface area contributed by atoms with Gasteiger partial charge in [-0.15, -0.1) is 0 Å². The number of para-hydroxylation sites is 2. The van der Waals surface area contributed by atoms with Gasteiger partial charge in [0, 0.05) is 6.07 Å². The Morgan fingerprint density at radius 3 is 2.82 bits per heavy atom. The van der Waals surface area contributed by atoms with Crippen molar-refractivity contribution in [3.8, 4) is 0 Å². The molecule has 0 aliphatic heterocycles. The van der Waals surface area contributed by atoms with Gasteiger partial charge in [0.2, 0.25) is 0 Å². The zero-order chi connectivity index (χ0) is 12.7. The first-order valence-electron chi connectivity index (χ1n) is 4.70. The lowest BCUT2D eigenvalue weighted by atomic mass is 10.2. The normalized spacial score (nSPS) is 9.65. The van der Waals surface area contributed by atoms with Gasteiger partial charge in [0.25, 0.3) is 11.6 Å². The molecule has 0 atom stereocenters. The van der Waals surface area contributed by atoms with E-state index in [1.54, 1.807) is 6.07 Å². The SMILES string of the molecule is O=CCOCC(=O)Nc1ccccc1[N+](=O)[O-]. The van der Waals surface area contributed by atoms with Crippen molar-refractivity contribution in [3.63, 3.8) is 0 Å². The van der Waals surface area contributed by atoms with Gasteiger partial charge in [-0.05, 0) is 6.07 Å². The van der Waals surface area contributed by atoms with E-state index in [2.05, 4.69) is 10.1 Å². The highest BCUT2D eigenvalue weighted by Crippen LogP contribution is 2.22. The Morgan fingerprint density at radius 1 is 1.47 bits per heavy atom. The molecule has 0 unspecified atom stereocenters. The van der Waals surface area contributed by atoms with E-state index >= 15 is 0 Å². The standard InChI is InChI=1S/C10H10N2O5/c13-5-6-17-7-10(14)11-8-3-1-2-4-9(8)12(15)16/h1-5H,6-7H2,(H,11,14). The molecule has 0 saturated carbocycles. The van der Waals surface area contributed by atoms with Gasteiger partial charge in [-0.3, -0.25) is 14.9 Å². The number of hydrogen-bond donors (Lipinski definition) is 1. The zero-order valence-electron chi connectivity index (χ0n) is 8.79. The number of carbonyl (C=O) groups excluding carboxylic acids is 2. The van der Waals surface area contributed by atoms with Crippen molar-refractivity contribution in [2.75, 3.05) is 18.5 Å². The summed E-state index contributed by atoms with van der Waals surface area (Å²) in [5.41, 5.74) is -0.103. The number of nitro benzene ring substituents is 1. The first-order valence-corrected chi connectivity index (χ1v) is 4.70. The molecule has 1 rings (SSSR count). The van der Waals surface area contributed by atoms with Crippen LogP contribution in [0.5, 0.6) is 0 Å². The number of anilines is 1. The molecule has 0 aromatic heterocycles. The second-order valence-corrected chi connectivity index (χ2v) is 3.00. The molecular weight excluding hydrogens is 228 g/mol. The third-order valence-electron chi connectivity index (χ3n) is 1.79. The molecule has 0 aliphatic rings. The fraction of sp³-hybridized carbons (Fsp3) is 0.200. The summed E-state index contributed by atoms with van der Waals surface area (Å²) in [4.78, 5) is 31.3. The molecule has 1 N–H and O–H groups in total. The molecule has 7 heteroatoms. The monoisotopic (exact) mass is 238 g/mol. The molecule has 1 amide bonds. The minimum Gasteiger partial charge on any atom is -0.364 e. The average molecular weight is 238 g/mol. The highest BCUT2D eigenvalue weighted by atomic mass is 16.6. The minimum absolute atomic E-state index is 0.0946. The van der Waals surface area contributed by atoms with Gasteiger partial charge >= 0.3 is 0 Å². The second kappa shape index (κ2) is 6.33. The van der Waals surface area contributed by atoms with Gasteiger partial charge in [-0.2, -0.15) is 0 Å². The molecule has 1 aromatic carbocycles. The van der Waals surface area contributed by atoms with Gasteiger partial charge in [-0.25, -0.2) is 0 Å². The van der Waals surface area contributed by atoms with Crippen LogP contribution in [0.1, 0.15) is 0 Å². The van der Waals surface area contributed by atoms with Gasteiger partial charge in [-0.1, -0.05) is 12.1 Å². The number of ether oxygens (including phenoxy) is 1. The molecule has 0 aliphatic carbocycles. The molecular formula is C10H10N2O5. The van der Waals surface area contributed by atoms with Crippen LogP contribution in [-0.2, 0) is 14.3 Å². The van der Waals surface area contributed by atoms with Crippen LogP contribution in [0, 0.1) is 10.1 Å². The van der Waals surface area contributed by atoms with E-state index in [0.29, 0.717) is 6.29 Å². The molecule has 0 radical (unpaired) electrons. The van der Waals surface area contributed by atoms with Crippen molar-refractivity contribution in [2.45, 2.75) is 0 Å². The van der Waals surface area contributed by atoms with E-state index in [0.717, 1.165) is 0 Å². The molecule has 0 fully saturated rings. The van der Waals surface area contributed by atoms with Crippen LogP contribution in [-0.4, -0.2) is 30.3 Å². The Balaban J connectivity index is 2.64. The average Bonchev–Trinajstić information content (AvgIpc) is 2.29. The summed E-state index contributed by atoms with van der Waals surface area (Å²) in [6, 6.07) is 5.75. The van der Waals surface area contributed by atoms with Gasteiger partial charge in [0.05, 0.1) is 4.92 Å². The van der Waals surface area contributed by atoms with Crippen LogP contribution in [0.15, 0.2) is 24.3 Å². The number of amides is 1. The fourth-order valence-electron chi connectivity index (χ4n) is 1.12. The number of rotatable bonds is 6. The van der Waals surface area contributed by atoms with Crippen LogP contribution in [0.3, 0.4) is 0 Å². The van der Waals surface area contributed by atoms with Crippen molar-refractivity contribution < 1.29 is 19.2 Å². The molecule has 7 nitrogen and oxygen atoms in total. The number of nitro groups is 1. The lowest BCUT2D eigenvalue weighted by Crippen LogP contribution is -2.19. The minimum atomic E-state index is -0.595. The van der Waals surface area contributed by atoms with E-state index in [4.69, 9.17) is 0 Å². The molecule has 0 heterocycles. The van der Waals surface area contributed by atoms with Crippen molar-refractivity contribution in [2.24, 2.45) is 0 Å². The van der Waals surface area contributed by atoms with E-state index in [-0.39, 0.29) is 24.6 Å². The van der Waals surface area contributed by atoms with Crippen molar-refractivity contribution in [3.05, 3.63) is 34.4 Å². The number of carbonyl (C=O) groups is 2. The van der Waals surface area contributed by atoms with Crippen molar-refractivity contribution >= 4 is 23.6 Å². The highest BCUT2D eigenvalue weighted by Gasteiger charge is 2.14. The van der Waals surface area contributed by atoms with E-state index in [1.807, 2.05) is 0 Å². The zero-order valence-corrected chi connectivity index (χ0v) is 8.79. The molecule has 0 spiro atoms.